The zero-order chi connectivity index (χ0) is 19.8. The molecule has 1 aromatic heterocycles. The number of ether oxygens (including phenoxy) is 1. The number of hydrogen-bond acceptors (Lipinski definition) is 6. The van der Waals surface area contributed by atoms with Gasteiger partial charge in [-0.1, -0.05) is 13.8 Å². The third-order valence-corrected chi connectivity index (χ3v) is 4.17. The average molecular weight is 376 g/mol. The molecular formula is C18H24N4O5. The maximum absolute atomic E-state index is 12.5. The fourth-order valence-corrected chi connectivity index (χ4v) is 2.62. The van der Waals surface area contributed by atoms with Crippen LogP contribution in [0.5, 0.6) is 0 Å². The molecule has 1 aliphatic heterocycles. The van der Waals surface area contributed by atoms with Crippen LogP contribution in [-0.4, -0.2) is 53.9 Å². The van der Waals surface area contributed by atoms with Crippen LogP contribution in [0.1, 0.15) is 25.8 Å². The average Bonchev–Trinajstić information content (AvgIpc) is 2.64. The van der Waals surface area contributed by atoms with Gasteiger partial charge in [-0.25, -0.2) is 4.79 Å². The highest BCUT2D eigenvalue weighted by Crippen LogP contribution is 2.06. The Balaban J connectivity index is 1.84. The van der Waals surface area contributed by atoms with E-state index in [1.54, 1.807) is 26.2 Å². The number of Topliss-reactive ketones (excluding diaryl/α,β-unsaturated/α-hetero) is 1. The number of amides is 3. The van der Waals surface area contributed by atoms with Crippen LogP contribution in [0.15, 0.2) is 24.5 Å². The highest BCUT2D eigenvalue weighted by atomic mass is 16.5. The Kier molecular flexibility index (Phi) is 7.27. The fraction of sp³-hybridized carbons (Fsp3) is 0.500. The van der Waals surface area contributed by atoms with E-state index < -0.39 is 35.8 Å². The Morgan fingerprint density at radius 1 is 1.30 bits per heavy atom. The van der Waals surface area contributed by atoms with Crippen LogP contribution in [-0.2, 0) is 25.5 Å². The molecule has 1 aromatic rings. The van der Waals surface area contributed by atoms with Crippen LogP contribution in [0.4, 0.5) is 4.79 Å². The Labute approximate surface area is 157 Å². The number of hydrogen-bond donors (Lipinski definition) is 3. The molecule has 0 aromatic carbocycles. The van der Waals surface area contributed by atoms with Crippen molar-refractivity contribution in [3.8, 4) is 0 Å². The van der Waals surface area contributed by atoms with Gasteiger partial charge in [0.1, 0.15) is 6.04 Å². The van der Waals surface area contributed by atoms with Crippen molar-refractivity contribution in [1.29, 1.82) is 0 Å². The van der Waals surface area contributed by atoms with E-state index in [0.717, 1.165) is 5.56 Å². The summed E-state index contributed by atoms with van der Waals surface area (Å²) in [6.07, 6.45) is 3.44. The predicted octanol–water partition coefficient (Wildman–Crippen LogP) is -0.0513. The zero-order valence-electron chi connectivity index (χ0n) is 15.4. The van der Waals surface area contributed by atoms with E-state index in [0.29, 0.717) is 19.4 Å². The van der Waals surface area contributed by atoms with Crippen LogP contribution in [0.25, 0.3) is 0 Å². The maximum atomic E-state index is 12.5. The van der Waals surface area contributed by atoms with Crippen LogP contribution in [0.2, 0.25) is 0 Å². The van der Waals surface area contributed by atoms with E-state index in [1.165, 1.54) is 0 Å². The summed E-state index contributed by atoms with van der Waals surface area (Å²) in [5, 5.41) is 7.48. The van der Waals surface area contributed by atoms with Crippen molar-refractivity contribution in [2.75, 3.05) is 13.2 Å². The minimum absolute atomic E-state index is 0.156. The second-order valence-electron chi connectivity index (χ2n) is 6.58. The van der Waals surface area contributed by atoms with Gasteiger partial charge < -0.3 is 20.7 Å². The van der Waals surface area contributed by atoms with Crippen LogP contribution in [0.3, 0.4) is 0 Å². The van der Waals surface area contributed by atoms with Gasteiger partial charge in [0, 0.05) is 25.4 Å². The molecule has 0 saturated carbocycles. The lowest BCUT2D eigenvalue weighted by molar-refractivity contribution is -0.142. The number of rotatable bonds is 7. The van der Waals surface area contributed by atoms with Crippen molar-refractivity contribution in [1.82, 2.24) is 20.9 Å². The van der Waals surface area contributed by atoms with Gasteiger partial charge in [-0.05, 0) is 30.0 Å². The van der Waals surface area contributed by atoms with E-state index >= 15 is 0 Å². The van der Waals surface area contributed by atoms with Crippen molar-refractivity contribution >= 4 is 23.7 Å². The van der Waals surface area contributed by atoms with Crippen LogP contribution < -0.4 is 16.0 Å². The second-order valence-corrected chi connectivity index (χ2v) is 6.58. The van der Waals surface area contributed by atoms with Gasteiger partial charge in [-0.15, -0.1) is 0 Å². The van der Waals surface area contributed by atoms with Crippen molar-refractivity contribution in [2.24, 2.45) is 5.92 Å². The molecule has 2 heterocycles. The van der Waals surface area contributed by atoms with Gasteiger partial charge >= 0.3 is 6.09 Å². The van der Waals surface area contributed by atoms with Gasteiger partial charge in [0.25, 0.3) is 5.91 Å². The Bertz CT molecular complexity index is 692. The van der Waals surface area contributed by atoms with Crippen molar-refractivity contribution in [3.63, 3.8) is 0 Å². The number of nitrogens with zero attached hydrogens (tertiary/aromatic N) is 1. The molecule has 3 amide bonds. The molecule has 0 radical (unpaired) electrons. The molecule has 2 unspecified atom stereocenters. The molecule has 2 atom stereocenters. The smallest absolute Gasteiger partial charge is 0.407 e. The summed E-state index contributed by atoms with van der Waals surface area (Å²) in [5.74, 6) is -2.15. The van der Waals surface area contributed by atoms with Gasteiger partial charge in [0.2, 0.25) is 11.7 Å². The van der Waals surface area contributed by atoms with Crippen molar-refractivity contribution < 1.29 is 23.9 Å². The first-order valence-corrected chi connectivity index (χ1v) is 8.83. The quantitative estimate of drug-likeness (QED) is 0.573. The summed E-state index contributed by atoms with van der Waals surface area (Å²) in [4.78, 5) is 51.6. The number of pyridine rings is 1. The van der Waals surface area contributed by atoms with Crippen molar-refractivity contribution in [3.05, 3.63) is 30.1 Å². The van der Waals surface area contributed by atoms with Crippen LogP contribution >= 0.6 is 0 Å². The standard InChI is InChI=1S/C18H24N4O5/c1-11(2)14(16(24)21-13-5-9-20-17(25)15(13)23)22-18(26)27-10-6-12-3-7-19-8-4-12/h3-4,7-8,11,13-14H,5-6,9-10H2,1-2H3,(H,20,25)(H,21,24)(H,22,26). The molecule has 1 saturated heterocycles. The topological polar surface area (TPSA) is 126 Å². The van der Waals surface area contributed by atoms with E-state index in [-0.39, 0.29) is 12.5 Å². The number of nitrogens with one attached hydrogen (secondary N) is 3. The minimum Gasteiger partial charge on any atom is -0.449 e. The van der Waals surface area contributed by atoms with Crippen LogP contribution in [0, 0.1) is 5.92 Å². The van der Waals surface area contributed by atoms with E-state index in [4.69, 9.17) is 4.74 Å². The highest BCUT2D eigenvalue weighted by Gasteiger charge is 2.33. The summed E-state index contributed by atoms with van der Waals surface area (Å²) >= 11 is 0. The largest absolute Gasteiger partial charge is 0.449 e. The van der Waals surface area contributed by atoms with E-state index in [1.807, 2.05) is 12.1 Å². The van der Waals surface area contributed by atoms with E-state index in [2.05, 4.69) is 20.9 Å². The monoisotopic (exact) mass is 376 g/mol. The fourth-order valence-electron chi connectivity index (χ4n) is 2.62. The van der Waals surface area contributed by atoms with Gasteiger partial charge in [0.05, 0.1) is 12.6 Å². The summed E-state index contributed by atoms with van der Waals surface area (Å²) in [6, 6.07) is 1.89. The molecule has 146 valence electrons. The number of piperidine rings is 1. The summed E-state index contributed by atoms with van der Waals surface area (Å²) < 4.78 is 5.12. The first-order chi connectivity index (χ1) is 12.9. The molecular weight excluding hydrogens is 352 g/mol. The lowest BCUT2D eigenvalue weighted by Crippen LogP contribution is -2.58. The molecule has 3 N–H and O–H groups in total. The molecule has 27 heavy (non-hydrogen) atoms. The number of alkyl carbamates (subject to hydrolysis) is 1. The normalized spacial score (nSPS) is 17.8. The summed E-state index contributed by atoms with van der Waals surface area (Å²) in [5.41, 5.74) is 0.977. The Morgan fingerprint density at radius 2 is 2.00 bits per heavy atom. The molecule has 9 heteroatoms. The first kappa shape index (κ1) is 20.3. The maximum Gasteiger partial charge on any atom is 0.407 e. The highest BCUT2D eigenvalue weighted by molar-refractivity contribution is 6.39. The molecule has 0 bridgehead atoms. The van der Waals surface area contributed by atoms with Crippen molar-refractivity contribution in [2.45, 2.75) is 38.8 Å². The van der Waals surface area contributed by atoms with Gasteiger partial charge in [0.15, 0.2) is 0 Å². The molecule has 0 aliphatic carbocycles. The van der Waals surface area contributed by atoms with E-state index in [9.17, 15) is 19.2 Å². The van der Waals surface area contributed by atoms with Gasteiger partial charge in [-0.3, -0.25) is 19.4 Å². The number of ketones is 1. The summed E-state index contributed by atoms with van der Waals surface area (Å²) in [7, 11) is 0. The first-order valence-electron chi connectivity index (χ1n) is 8.83. The number of carbonyl (C=O) groups excluding carboxylic acids is 4. The number of aromatic nitrogens is 1. The molecule has 0 spiro atoms. The lowest BCUT2D eigenvalue weighted by atomic mass is 10.0. The molecule has 1 aliphatic rings. The molecule has 1 fully saturated rings. The molecule has 2 rings (SSSR count). The predicted molar refractivity (Wildman–Crippen MR) is 95.6 cm³/mol. The minimum atomic E-state index is -0.879. The third-order valence-electron chi connectivity index (χ3n) is 4.17. The zero-order valence-corrected chi connectivity index (χ0v) is 15.4. The molecule has 9 nitrogen and oxygen atoms in total. The van der Waals surface area contributed by atoms with Gasteiger partial charge in [-0.2, -0.15) is 0 Å². The second kappa shape index (κ2) is 9.65. The summed E-state index contributed by atoms with van der Waals surface area (Å²) in [6.45, 7) is 3.99. The SMILES string of the molecule is CC(C)C(NC(=O)OCCc1ccncc1)C(=O)NC1CCNC(=O)C1=O. The number of carbonyl (C=O) groups is 4. The Morgan fingerprint density at radius 3 is 2.67 bits per heavy atom. The lowest BCUT2D eigenvalue weighted by Gasteiger charge is -2.26. The third kappa shape index (κ3) is 6.05. The Hall–Kier alpha value is -2.97.